The molecule has 2 fully saturated rings. The van der Waals surface area contributed by atoms with E-state index in [1.165, 1.54) is 45.1 Å². The first kappa shape index (κ1) is 10.5. The van der Waals surface area contributed by atoms with E-state index in [-0.39, 0.29) is 0 Å². The van der Waals surface area contributed by atoms with Crippen molar-refractivity contribution in [1.29, 1.82) is 0 Å². The number of rotatable bonds is 6. The summed E-state index contributed by atoms with van der Waals surface area (Å²) in [5.41, 5.74) is 0. The smallest absolute Gasteiger partial charge is 0.00683 e. The van der Waals surface area contributed by atoms with Crippen molar-refractivity contribution in [3.05, 3.63) is 0 Å². The quantitative estimate of drug-likeness (QED) is 0.686. The molecule has 2 rings (SSSR count). The lowest BCUT2D eigenvalue weighted by Gasteiger charge is -2.42. The van der Waals surface area contributed by atoms with E-state index in [4.69, 9.17) is 0 Å². The van der Waals surface area contributed by atoms with Crippen LogP contribution in [-0.2, 0) is 0 Å². The van der Waals surface area contributed by atoms with Crippen LogP contribution in [0.5, 0.6) is 0 Å². The van der Waals surface area contributed by atoms with Gasteiger partial charge in [-0.25, -0.2) is 0 Å². The van der Waals surface area contributed by atoms with E-state index in [9.17, 15) is 0 Å². The standard InChI is InChI=1S/C13H25N/c1-3-10(4-2)13-8-5-11(13)9-14-12-6-7-12/h10-14H,3-9H2,1-2H3. The van der Waals surface area contributed by atoms with Gasteiger partial charge in [-0.05, 0) is 50.0 Å². The first-order chi connectivity index (χ1) is 6.85. The van der Waals surface area contributed by atoms with Crippen molar-refractivity contribution < 1.29 is 0 Å². The molecule has 0 spiro atoms. The maximum atomic E-state index is 3.69. The van der Waals surface area contributed by atoms with Gasteiger partial charge >= 0.3 is 0 Å². The van der Waals surface area contributed by atoms with Gasteiger partial charge in [0.1, 0.15) is 0 Å². The summed E-state index contributed by atoms with van der Waals surface area (Å²) in [4.78, 5) is 0. The largest absolute Gasteiger partial charge is 0.314 e. The molecule has 0 aromatic rings. The van der Waals surface area contributed by atoms with Gasteiger partial charge in [0.15, 0.2) is 0 Å². The maximum Gasteiger partial charge on any atom is 0.00683 e. The highest BCUT2D eigenvalue weighted by molar-refractivity contribution is 4.89. The topological polar surface area (TPSA) is 12.0 Å². The molecular weight excluding hydrogens is 170 g/mol. The first-order valence-corrected chi connectivity index (χ1v) is 6.58. The Kier molecular flexibility index (Phi) is 3.48. The molecule has 2 aliphatic rings. The van der Waals surface area contributed by atoms with Crippen molar-refractivity contribution in [2.24, 2.45) is 17.8 Å². The van der Waals surface area contributed by atoms with Crippen molar-refractivity contribution in [3.63, 3.8) is 0 Å². The van der Waals surface area contributed by atoms with E-state index < -0.39 is 0 Å². The monoisotopic (exact) mass is 195 g/mol. The molecule has 14 heavy (non-hydrogen) atoms. The maximum absolute atomic E-state index is 3.69. The van der Waals surface area contributed by atoms with E-state index in [2.05, 4.69) is 19.2 Å². The summed E-state index contributed by atoms with van der Waals surface area (Å²) in [6.45, 7) is 6.03. The molecule has 2 saturated carbocycles. The Balaban J connectivity index is 1.70. The molecule has 2 atom stereocenters. The summed E-state index contributed by atoms with van der Waals surface area (Å²) in [5, 5.41) is 3.69. The molecule has 0 aromatic carbocycles. The Hall–Kier alpha value is -0.0400. The molecule has 2 unspecified atom stereocenters. The molecule has 2 aliphatic carbocycles. The molecular formula is C13H25N. The van der Waals surface area contributed by atoms with Crippen LogP contribution in [-0.4, -0.2) is 12.6 Å². The summed E-state index contributed by atoms with van der Waals surface area (Å²) in [7, 11) is 0. The van der Waals surface area contributed by atoms with E-state index in [1.54, 1.807) is 0 Å². The van der Waals surface area contributed by atoms with E-state index >= 15 is 0 Å². The van der Waals surface area contributed by atoms with Gasteiger partial charge in [0.05, 0.1) is 0 Å². The summed E-state index contributed by atoms with van der Waals surface area (Å²) >= 11 is 0. The van der Waals surface area contributed by atoms with Crippen molar-refractivity contribution in [3.8, 4) is 0 Å². The Bertz CT molecular complexity index is 170. The van der Waals surface area contributed by atoms with Crippen LogP contribution < -0.4 is 5.32 Å². The molecule has 0 amide bonds. The van der Waals surface area contributed by atoms with Gasteiger partial charge in [0.25, 0.3) is 0 Å². The average Bonchev–Trinajstić information content (AvgIpc) is 2.96. The van der Waals surface area contributed by atoms with Gasteiger partial charge in [-0.1, -0.05) is 26.7 Å². The van der Waals surface area contributed by atoms with Crippen LogP contribution in [0.25, 0.3) is 0 Å². The average molecular weight is 195 g/mol. The van der Waals surface area contributed by atoms with Crippen molar-refractivity contribution in [1.82, 2.24) is 5.32 Å². The normalized spacial score (nSPS) is 31.9. The van der Waals surface area contributed by atoms with Crippen LogP contribution >= 0.6 is 0 Å². The highest BCUT2D eigenvalue weighted by Gasteiger charge is 2.35. The lowest BCUT2D eigenvalue weighted by molar-refractivity contribution is 0.0963. The second kappa shape index (κ2) is 4.65. The van der Waals surface area contributed by atoms with Crippen molar-refractivity contribution in [2.75, 3.05) is 6.54 Å². The summed E-state index contributed by atoms with van der Waals surface area (Å²) in [6, 6.07) is 0.901. The molecule has 0 saturated heterocycles. The minimum absolute atomic E-state index is 0.901. The second-order valence-corrected chi connectivity index (χ2v) is 5.26. The number of hydrogen-bond donors (Lipinski definition) is 1. The second-order valence-electron chi connectivity index (χ2n) is 5.26. The van der Waals surface area contributed by atoms with Crippen LogP contribution in [0, 0.1) is 17.8 Å². The van der Waals surface area contributed by atoms with E-state index in [0.717, 1.165) is 23.8 Å². The van der Waals surface area contributed by atoms with Gasteiger partial charge in [-0.15, -0.1) is 0 Å². The molecule has 0 aliphatic heterocycles. The molecule has 1 heteroatoms. The lowest BCUT2D eigenvalue weighted by atomic mass is 9.65. The third kappa shape index (κ3) is 2.31. The molecule has 0 aromatic heterocycles. The zero-order valence-corrected chi connectivity index (χ0v) is 9.76. The zero-order valence-electron chi connectivity index (χ0n) is 9.76. The summed E-state index contributed by atoms with van der Waals surface area (Å²) in [5.74, 6) is 3.08. The van der Waals surface area contributed by atoms with Crippen molar-refractivity contribution in [2.45, 2.75) is 58.4 Å². The highest BCUT2D eigenvalue weighted by atomic mass is 14.9. The fraction of sp³-hybridized carbons (Fsp3) is 1.00. The van der Waals surface area contributed by atoms with Crippen LogP contribution in [0.1, 0.15) is 52.4 Å². The minimum atomic E-state index is 0.901. The molecule has 82 valence electrons. The molecule has 1 N–H and O–H groups in total. The predicted molar refractivity (Wildman–Crippen MR) is 61.3 cm³/mol. The Morgan fingerprint density at radius 2 is 1.79 bits per heavy atom. The molecule has 0 radical (unpaired) electrons. The van der Waals surface area contributed by atoms with Crippen molar-refractivity contribution >= 4 is 0 Å². The Morgan fingerprint density at radius 3 is 2.21 bits per heavy atom. The minimum Gasteiger partial charge on any atom is -0.314 e. The fourth-order valence-electron chi connectivity index (χ4n) is 2.97. The fourth-order valence-corrected chi connectivity index (χ4v) is 2.97. The van der Waals surface area contributed by atoms with Crippen LogP contribution in [0.2, 0.25) is 0 Å². The lowest BCUT2D eigenvalue weighted by Crippen LogP contribution is -2.39. The summed E-state index contributed by atoms with van der Waals surface area (Å²) < 4.78 is 0. The van der Waals surface area contributed by atoms with Gasteiger partial charge in [-0.3, -0.25) is 0 Å². The summed E-state index contributed by atoms with van der Waals surface area (Å²) in [6.07, 6.45) is 8.64. The van der Waals surface area contributed by atoms with Gasteiger partial charge in [-0.2, -0.15) is 0 Å². The third-order valence-electron chi connectivity index (χ3n) is 4.38. The van der Waals surface area contributed by atoms with Crippen LogP contribution in [0.3, 0.4) is 0 Å². The molecule has 0 bridgehead atoms. The first-order valence-electron chi connectivity index (χ1n) is 6.58. The van der Waals surface area contributed by atoms with E-state index in [1.807, 2.05) is 0 Å². The zero-order chi connectivity index (χ0) is 9.97. The van der Waals surface area contributed by atoms with E-state index in [0.29, 0.717) is 0 Å². The predicted octanol–water partition coefficient (Wildman–Crippen LogP) is 3.20. The Labute approximate surface area is 88.7 Å². The third-order valence-corrected chi connectivity index (χ3v) is 4.38. The van der Waals surface area contributed by atoms with Gasteiger partial charge in [0.2, 0.25) is 0 Å². The molecule has 0 heterocycles. The number of nitrogens with one attached hydrogen (secondary N) is 1. The molecule has 1 nitrogen and oxygen atoms in total. The highest BCUT2D eigenvalue weighted by Crippen LogP contribution is 2.42. The SMILES string of the molecule is CCC(CC)C1CCC1CNC1CC1. The van der Waals surface area contributed by atoms with Crippen LogP contribution in [0.15, 0.2) is 0 Å². The van der Waals surface area contributed by atoms with Gasteiger partial charge in [0, 0.05) is 6.04 Å². The Morgan fingerprint density at radius 1 is 1.07 bits per heavy atom. The van der Waals surface area contributed by atoms with Gasteiger partial charge < -0.3 is 5.32 Å². The number of hydrogen-bond acceptors (Lipinski definition) is 1. The van der Waals surface area contributed by atoms with Crippen LogP contribution in [0.4, 0.5) is 0 Å².